The minimum atomic E-state index is -0.138. The number of nitrogen functional groups attached to an aromatic ring is 1. The fourth-order valence-electron chi connectivity index (χ4n) is 1.19. The first-order valence-electron chi connectivity index (χ1n) is 5.38. The molecule has 0 saturated carbocycles. The third-order valence-corrected chi connectivity index (χ3v) is 1.90. The van der Waals surface area contributed by atoms with Crippen LogP contribution in [0.15, 0.2) is 12.1 Å². The molecule has 1 aromatic rings. The number of aryl methyl sites for hydroxylation is 1. The lowest BCUT2D eigenvalue weighted by Crippen LogP contribution is -2.22. The molecule has 0 atom stereocenters. The summed E-state index contributed by atoms with van der Waals surface area (Å²) in [6.45, 7) is 8.93. The fraction of sp³-hybridized carbons (Fsp3) is 0.583. The fourth-order valence-corrected chi connectivity index (χ4v) is 1.19. The molecule has 1 rings (SSSR count). The molecule has 0 radical (unpaired) electrons. The minimum Gasteiger partial charge on any atom is -0.487 e. The van der Waals surface area contributed by atoms with E-state index in [9.17, 15) is 0 Å². The summed E-state index contributed by atoms with van der Waals surface area (Å²) in [5.74, 6) is 1.04. The van der Waals surface area contributed by atoms with Crippen LogP contribution < -0.4 is 10.5 Å². The van der Waals surface area contributed by atoms with Crippen LogP contribution in [0, 0.1) is 6.92 Å². The Morgan fingerprint density at radius 3 is 2.50 bits per heavy atom. The summed E-state index contributed by atoms with van der Waals surface area (Å²) in [7, 11) is 0. The highest BCUT2D eigenvalue weighted by atomic mass is 16.5. The van der Waals surface area contributed by atoms with E-state index < -0.39 is 0 Å². The molecule has 0 bridgehead atoms. The van der Waals surface area contributed by atoms with Crippen LogP contribution in [0.2, 0.25) is 0 Å². The number of hydrogen-bond acceptors (Lipinski definition) is 4. The van der Waals surface area contributed by atoms with Gasteiger partial charge in [0, 0.05) is 5.69 Å². The zero-order chi connectivity index (χ0) is 12.2. The van der Waals surface area contributed by atoms with Gasteiger partial charge in [-0.1, -0.05) is 0 Å². The van der Waals surface area contributed by atoms with Crippen LogP contribution in [0.3, 0.4) is 0 Å². The van der Waals surface area contributed by atoms with Crippen molar-refractivity contribution in [2.24, 2.45) is 0 Å². The van der Waals surface area contributed by atoms with Gasteiger partial charge in [0.2, 0.25) is 0 Å². The van der Waals surface area contributed by atoms with Gasteiger partial charge in [0.15, 0.2) is 11.6 Å². The largest absolute Gasteiger partial charge is 0.487 e. The number of rotatable bonds is 4. The Morgan fingerprint density at radius 1 is 1.25 bits per heavy atom. The van der Waals surface area contributed by atoms with E-state index in [-0.39, 0.29) is 5.60 Å². The summed E-state index contributed by atoms with van der Waals surface area (Å²) in [5, 5.41) is 0. The lowest BCUT2D eigenvalue weighted by atomic mass is 10.2. The SMILES string of the molecule is Cc1ccc(OCCOC(C)(C)C)c(N)n1. The Bertz CT molecular complexity index is 345. The van der Waals surface area contributed by atoms with Crippen LogP contribution >= 0.6 is 0 Å². The molecule has 0 unspecified atom stereocenters. The summed E-state index contributed by atoms with van der Waals surface area (Å²) < 4.78 is 11.0. The van der Waals surface area contributed by atoms with Crippen molar-refractivity contribution in [1.82, 2.24) is 4.98 Å². The predicted molar refractivity (Wildman–Crippen MR) is 64.6 cm³/mol. The predicted octanol–water partition coefficient (Wildman–Crippen LogP) is 2.17. The van der Waals surface area contributed by atoms with Crippen molar-refractivity contribution >= 4 is 5.82 Å². The van der Waals surface area contributed by atoms with E-state index in [0.29, 0.717) is 24.8 Å². The Kier molecular flexibility index (Phi) is 4.12. The van der Waals surface area contributed by atoms with Crippen molar-refractivity contribution in [3.63, 3.8) is 0 Å². The summed E-state index contributed by atoms with van der Waals surface area (Å²) in [6.07, 6.45) is 0. The molecule has 1 aromatic heterocycles. The number of hydrogen-bond donors (Lipinski definition) is 1. The van der Waals surface area contributed by atoms with Gasteiger partial charge in [0.25, 0.3) is 0 Å². The van der Waals surface area contributed by atoms with Gasteiger partial charge in [0.1, 0.15) is 6.61 Å². The highest BCUT2D eigenvalue weighted by Gasteiger charge is 2.09. The quantitative estimate of drug-likeness (QED) is 0.796. The van der Waals surface area contributed by atoms with Gasteiger partial charge in [-0.25, -0.2) is 4.98 Å². The molecule has 0 saturated heterocycles. The molecule has 0 aliphatic carbocycles. The number of ether oxygens (including phenoxy) is 2. The number of nitrogens with zero attached hydrogens (tertiary/aromatic N) is 1. The molecular formula is C12H20N2O2. The minimum absolute atomic E-state index is 0.138. The third kappa shape index (κ3) is 4.49. The highest BCUT2D eigenvalue weighted by Crippen LogP contribution is 2.18. The average Bonchev–Trinajstić information content (AvgIpc) is 2.13. The van der Waals surface area contributed by atoms with E-state index in [1.807, 2.05) is 39.8 Å². The highest BCUT2D eigenvalue weighted by molar-refractivity contribution is 5.46. The van der Waals surface area contributed by atoms with Crippen LogP contribution in [0.1, 0.15) is 26.5 Å². The topological polar surface area (TPSA) is 57.4 Å². The van der Waals surface area contributed by atoms with E-state index in [2.05, 4.69) is 4.98 Å². The van der Waals surface area contributed by atoms with Crippen molar-refractivity contribution in [1.29, 1.82) is 0 Å². The maximum Gasteiger partial charge on any atom is 0.166 e. The van der Waals surface area contributed by atoms with E-state index in [4.69, 9.17) is 15.2 Å². The Morgan fingerprint density at radius 2 is 1.94 bits per heavy atom. The Hall–Kier alpha value is -1.29. The van der Waals surface area contributed by atoms with Gasteiger partial charge in [-0.3, -0.25) is 0 Å². The molecule has 0 aromatic carbocycles. The second-order valence-corrected chi connectivity index (χ2v) is 4.65. The molecule has 1 heterocycles. The van der Waals surface area contributed by atoms with Gasteiger partial charge < -0.3 is 15.2 Å². The van der Waals surface area contributed by atoms with E-state index in [1.54, 1.807) is 0 Å². The molecule has 0 aliphatic rings. The van der Waals surface area contributed by atoms with Gasteiger partial charge in [0.05, 0.1) is 12.2 Å². The standard InChI is InChI=1S/C12H20N2O2/c1-9-5-6-10(11(13)14-9)15-7-8-16-12(2,3)4/h5-6H,7-8H2,1-4H3,(H2,13,14). The molecule has 0 fully saturated rings. The van der Waals surface area contributed by atoms with Crippen LogP contribution in [0.5, 0.6) is 5.75 Å². The number of aromatic nitrogens is 1. The number of pyridine rings is 1. The smallest absolute Gasteiger partial charge is 0.166 e. The van der Waals surface area contributed by atoms with Gasteiger partial charge in [-0.15, -0.1) is 0 Å². The van der Waals surface area contributed by atoms with Crippen molar-refractivity contribution in [3.05, 3.63) is 17.8 Å². The summed E-state index contributed by atoms with van der Waals surface area (Å²) >= 11 is 0. The molecule has 0 aliphatic heterocycles. The maximum atomic E-state index is 5.71. The van der Waals surface area contributed by atoms with Crippen molar-refractivity contribution in [2.75, 3.05) is 18.9 Å². The average molecular weight is 224 g/mol. The summed E-state index contributed by atoms with van der Waals surface area (Å²) in [4.78, 5) is 4.11. The maximum absolute atomic E-state index is 5.71. The van der Waals surface area contributed by atoms with Crippen LogP contribution in [-0.4, -0.2) is 23.8 Å². The molecule has 2 N–H and O–H groups in total. The van der Waals surface area contributed by atoms with E-state index >= 15 is 0 Å². The first-order valence-corrected chi connectivity index (χ1v) is 5.38. The zero-order valence-electron chi connectivity index (χ0n) is 10.4. The second kappa shape index (κ2) is 5.16. The van der Waals surface area contributed by atoms with Crippen LogP contribution in [-0.2, 0) is 4.74 Å². The van der Waals surface area contributed by atoms with Crippen molar-refractivity contribution < 1.29 is 9.47 Å². The zero-order valence-corrected chi connectivity index (χ0v) is 10.4. The second-order valence-electron chi connectivity index (χ2n) is 4.65. The third-order valence-electron chi connectivity index (χ3n) is 1.90. The molecular weight excluding hydrogens is 204 g/mol. The van der Waals surface area contributed by atoms with Crippen LogP contribution in [0.25, 0.3) is 0 Å². The van der Waals surface area contributed by atoms with E-state index in [0.717, 1.165) is 5.69 Å². The monoisotopic (exact) mass is 224 g/mol. The van der Waals surface area contributed by atoms with Crippen LogP contribution in [0.4, 0.5) is 5.82 Å². The van der Waals surface area contributed by atoms with Crippen molar-refractivity contribution in [3.8, 4) is 5.75 Å². The lowest BCUT2D eigenvalue weighted by molar-refractivity contribution is -0.0162. The van der Waals surface area contributed by atoms with Gasteiger partial charge in [-0.05, 0) is 39.8 Å². The van der Waals surface area contributed by atoms with Gasteiger partial charge in [-0.2, -0.15) is 0 Å². The molecule has 16 heavy (non-hydrogen) atoms. The summed E-state index contributed by atoms with van der Waals surface area (Å²) in [5.41, 5.74) is 6.46. The molecule has 90 valence electrons. The molecule has 4 nitrogen and oxygen atoms in total. The molecule has 4 heteroatoms. The number of nitrogens with two attached hydrogens (primary N) is 1. The summed E-state index contributed by atoms with van der Waals surface area (Å²) in [6, 6.07) is 3.70. The Balaban J connectivity index is 2.38. The Labute approximate surface area is 96.8 Å². The number of anilines is 1. The lowest BCUT2D eigenvalue weighted by Gasteiger charge is -2.19. The first kappa shape index (κ1) is 12.8. The van der Waals surface area contributed by atoms with E-state index in [1.165, 1.54) is 0 Å². The molecule has 0 amide bonds. The van der Waals surface area contributed by atoms with Crippen molar-refractivity contribution in [2.45, 2.75) is 33.3 Å². The molecule has 0 spiro atoms. The van der Waals surface area contributed by atoms with Gasteiger partial charge >= 0.3 is 0 Å². The normalized spacial score (nSPS) is 11.5. The first-order chi connectivity index (χ1) is 7.38.